The summed E-state index contributed by atoms with van der Waals surface area (Å²) in [4.78, 5) is 4.54. The zero-order valence-electron chi connectivity index (χ0n) is 17.7. The van der Waals surface area contributed by atoms with Gasteiger partial charge in [0.15, 0.2) is 5.96 Å². The Morgan fingerprint density at radius 2 is 2.14 bits per heavy atom. The SMILES string of the molecule is CCNC(=NCc1ccc(C)cc1OC)NCCS(=O)(=O)NCC1CCCCO1. The van der Waals surface area contributed by atoms with Gasteiger partial charge in [0.1, 0.15) is 5.75 Å². The molecule has 164 valence electrons. The first-order valence-electron chi connectivity index (χ1n) is 10.2. The number of sulfonamides is 1. The van der Waals surface area contributed by atoms with Gasteiger partial charge in [-0.25, -0.2) is 18.1 Å². The van der Waals surface area contributed by atoms with E-state index in [1.165, 1.54) is 0 Å². The molecule has 1 fully saturated rings. The second-order valence-electron chi connectivity index (χ2n) is 7.09. The minimum absolute atomic E-state index is 0.0187. The predicted octanol–water partition coefficient (Wildman–Crippen LogP) is 1.55. The Labute approximate surface area is 174 Å². The van der Waals surface area contributed by atoms with Crippen molar-refractivity contribution in [3.63, 3.8) is 0 Å². The number of guanidine groups is 1. The topological polar surface area (TPSA) is 101 Å². The average molecular weight is 427 g/mol. The standard InChI is InChI=1S/C20H34N4O4S/c1-4-21-20(23-14-17-9-8-16(2)13-19(17)27-3)22-10-12-29(25,26)24-15-18-7-5-6-11-28-18/h8-9,13,18,24H,4-7,10-12,14-15H2,1-3H3,(H2,21,22,23). The average Bonchev–Trinajstić information content (AvgIpc) is 2.72. The number of ether oxygens (including phenoxy) is 2. The fourth-order valence-corrected chi connectivity index (χ4v) is 4.01. The summed E-state index contributed by atoms with van der Waals surface area (Å²) >= 11 is 0. The summed E-state index contributed by atoms with van der Waals surface area (Å²) in [7, 11) is -1.73. The van der Waals surface area contributed by atoms with Crippen LogP contribution in [0.15, 0.2) is 23.2 Å². The molecular weight excluding hydrogens is 392 g/mol. The van der Waals surface area contributed by atoms with Gasteiger partial charge in [-0.3, -0.25) is 0 Å². The van der Waals surface area contributed by atoms with Crippen LogP contribution in [-0.4, -0.2) is 59.6 Å². The van der Waals surface area contributed by atoms with E-state index in [4.69, 9.17) is 9.47 Å². The van der Waals surface area contributed by atoms with Crippen LogP contribution in [0.5, 0.6) is 5.75 Å². The van der Waals surface area contributed by atoms with Crippen LogP contribution in [0.1, 0.15) is 37.3 Å². The van der Waals surface area contributed by atoms with E-state index in [1.807, 2.05) is 32.0 Å². The van der Waals surface area contributed by atoms with Crippen LogP contribution >= 0.6 is 0 Å². The number of aryl methyl sites for hydroxylation is 1. The fraction of sp³-hybridized carbons (Fsp3) is 0.650. The Morgan fingerprint density at radius 1 is 1.31 bits per heavy atom. The highest BCUT2D eigenvalue weighted by Gasteiger charge is 2.17. The van der Waals surface area contributed by atoms with Gasteiger partial charge in [-0.15, -0.1) is 0 Å². The molecule has 2 rings (SSSR count). The van der Waals surface area contributed by atoms with Crippen molar-refractivity contribution in [1.29, 1.82) is 0 Å². The highest BCUT2D eigenvalue weighted by Crippen LogP contribution is 2.20. The van der Waals surface area contributed by atoms with Gasteiger partial charge in [0.25, 0.3) is 0 Å². The van der Waals surface area contributed by atoms with E-state index < -0.39 is 10.0 Å². The highest BCUT2D eigenvalue weighted by molar-refractivity contribution is 7.89. The molecule has 0 aromatic heterocycles. The molecular formula is C20H34N4O4S. The fourth-order valence-electron chi connectivity index (χ4n) is 3.05. The Hall–Kier alpha value is -1.84. The van der Waals surface area contributed by atoms with Gasteiger partial charge in [0.05, 0.1) is 25.5 Å². The monoisotopic (exact) mass is 426 g/mol. The molecule has 1 aromatic rings. The third-order valence-electron chi connectivity index (χ3n) is 4.66. The minimum Gasteiger partial charge on any atom is -0.496 e. The lowest BCUT2D eigenvalue weighted by Gasteiger charge is -2.22. The van der Waals surface area contributed by atoms with Crippen LogP contribution in [0.3, 0.4) is 0 Å². The lowest BCUT2D eigenvalue weighted by molar-refractivity contribution is 0.0200. The van der Waals surface area contributed by atoms with Crippen LogP contribution < -0.4 is 20.1 Å². The zero-order chi connectivity index (χ0) is 21.1. The number of rotatable bonds is 10. The van der Waals surface area contributed by atoms with Crippen LogP contribution in [0.2, 0.25) is 0 Å². The summed E-state index contributed by atoms with van der Waals surface area (Å²) in [6.45, 7) is 6.40. The molecule has 1 saturated heterocycles. The largest absolute Gasteiger partial charge is 0.496 e. The Balaban J connectivity index is 1.84. The normalized spacial score (nSPS) is 17.8. The molecule has 1 unspecified atom stereocenters. The van der Waals surface area contributed by atoms with Crippen LogP contribution in [0, 0.1) is 6.92 Å². The van der Waals surface area contributed by atoms with Gasteiger partial charge >= 0.3 is 0 Å². The number of nitrogens with zero attached hydrogens (tertiary/aromatic N) is 1. The summed E-state index contributed by atoms with van der Waals surface area (Å²) in [5.41, 5.74) is 2.09. The number of hydrogen-bond acceptors (Lipinski definition) is 5. The molecule has 1 aliphatic rings. The van der Waals surface area contributed by atoms with E-state index >= 15 is 0 Å². The molecule has 3 N–H and O–H groups in total. The molecule has 0 amide bonds. The van der Waals surface area contributed by atoms with Gasteiger partial charge in [-0.1, -0.05) is 12.1 Å². The first kappa shape index (κ1) is 23.4. The van der Waals surface area contributed by atoms with Gasteiger partial charge in [0, 0.05) is 31.8 Å². The van der Waals surface area contributed by atoms with E-state index in [9.17, 15) is 8.42 Å². The van der Waals surface area contributed by atoms with Crippen molar-refractivity contribution in [3.05, 3.63) is 29.3 Å². The van der Waals surface area contributed by atoms with Crippen molar-refractivity contribution in [2.24, 2.45) is 4.99 Å². The summed E-state index contributed by atoms with van der Waals surface area (Å²) in [5, 5.41) is 6.22. The molecule has 0 aliphatic carbocycles. The molecule has 9 heteroatoms. The zero-order valence-corrected chi connectivity index (χ0v) is 18.5. The van der Waals surface area contributed by atoms with E-state index in [1.54, 1.807) is 7.11 Å². The van der Waals surface area contributed by atoms with Crippen molar-refractivity contribution in [1.82, 2.24) is 15.4 Å². The number of nitrogens with one attached hydrogen (secondary N) is 3. The van der Waals surface area contributed by atoms with Crippen LogP contribution in [0.25, 0.3) is 0 Å². The van der Waals surface area contributed by atoms with Crippen LogP contribution in [0.4, 0.5) is 0 Å². The summed E-state index contributed by atoms with van der Waals surface area (Å²) < 4.78 is 38.1. The molecule has 29 heavy (non-hydrogen) atoms. The Morgan fingerprint density at radius 3 is 2.83 bits per heavy atom. The van der Waals surface area contributed by atoms with Gasteiger partial charge in [-0.05, 0) is 44.7 Å². The van der Waals surface area contributed by atoms with E-state index in [0.717, 1.165) is 36.1 Å². The third-order valence-corrected chi connectivity index (χ3v) is 6.01. The first-order valence-corrected chi connectivity index (χ1v) is 11.8. The van der Waals surface area contributed by atoms with E-state index in [-0.39, 0.29) is 18.4 Å². The van der Waals surface area contributed by atoms with Crippen LogP contribution in [-0.2, 0) is 21.3 Å². The third kappa shape index (κ3) is 8.59. The number of hydrogen-bond donors (Lipinski definition) is 3. The molecule has 0 saturated carbocycles. The number of aliphatic imine (C=N–C) groups is 1. The Bertz CT molecular complexity index is 762. The smallest absolute Gasteiger partial charge is 0.213 e. The Kier molecular flexibility index (Phi) is 9.69. The van der Waals surface area contributed by atoms with Crippen molar-refractivity contribution < 1.29 is 17.9 Å². The van der Waals surface area contributed by atoms with Crippen molar-refractivity contribution in [2.75, 3.05) is 39.1 Å². The molecule has 1 aromatic carbocycles. The lowest BCUT2D eigenvalue weighted by Crippen LogP contribution is -2.42. The molecule has 0 bridgehead atoms. The van der Waals surface area contributed by atoms with Gasteiger partial charge in [0.2, 0.25) is 10.0 Å². The van der Waals surface area contributed by atoms with Gasteiger partial charge in [-0.2, -0.15) is 0 Å². The maximum atomic E-state index is 12.2. The summed E-state index contributed by atoms with van der Waals surface area (Å²) in [6, 6.07) is 5.98. The quantitative estimate of drug-likeness (QED) is 0.388. The first-order chi connectivity index (χ1) is 13.9. The minimum atomic E-state index is -3.37. The molecule has 0 spiro atoms. The highest BCUT2D eigenvalue weighted by atomic mass is 32.2. The van der Waals surface area contributed by atoms with E-state index in [2.05, 4.69) is 20.3 Å². The molecule has 8 nitrogen and oxygen atoms in total. The van der Waals surface area contributed by atoms with Crippen molar-refractivity contribution >= 4 is 16.0 Å². The molecule has 1 aliphatic heterocycles. The lowest BCUT2D eigenvalue weighted by atomic mass is 10.1. The summed E-state index contributed by atoms with van der Waals surface area (Å²) in [5.74, 6) is 1.33. The van der Waals surface area contributed by atoms with E-state index in [0.29, 0.717) is 32.2 Å². The molecule has 1 heterocycles. The number of methoxy groups -OCH3 is 1. The molecule has 1 atom stereocenters. The van der Waals surface area contributed by atoms with Crippen molar-refractivity contribution in [3.8, 4) is 5.75 Å². The molecule has 0 radical (unpaired) electrons. The maximum absolute atomic E-state index is 12.2. The predicted molar refractivity (Wildman–Crippen MR) is 116 cm³/mol. The summed E-state index contributed by atoms with van der Waals surface area (Å²) in [6.07, 6.45) is 3.02. The number of benzene rings is 1. The second kappa shape index (κ2) is 12.0. The van der Waals surface area contributed by atoms with Gasteiger partial charge < -0.3 is 20.1 Å². The maximum Gasteiger partial charge on any atom is 0.213 e. The van der Waals surface area contributed by atoms with Crippen molar-refractivity contribution in [2.45, 2.75) is 45.8 Å². The second-order valence-corrected chi connectivity index (χ2v) is 9.02.